The Balaban J connectivity index is 2.01. The summed E-state index contributed by atoms with van der Waals surface area (Å²) < 4.78 is 5.39. The van der Waals surface area contributed by atoms with E-state index in [1.54, 1.807) is 7.11 Å². The number of phenolic OH excluding ortho intramolecular Hbond substituents is 1. The van der Waals surface area contributed by atoms with E-state index >= 15 is 0 Å². The Morgan fingerprint density at radius 2 is 1.87 bits per heavy atom. The molecule has 0 saturated heterocycles. The molecule has 0 bridgehead atoms. The summed E-state index contributed by atoms with van der Waals surface area (Å²) in [6.45, 7) is 0.895. The highest BCUT2D eigenvalue weighted by Crippen LogP contribution is 2.43. The highest BCUT2D eigenvalue weighted by atomic mass is 16.5. The van der Waals surface area contributed by atoms with Crippen molar-refractivity contribution < 1.29 is 9.84 Å². The number of fused-ring (bicyclic) bond motifs is 2. The van der Waals surface area contributed by atoms with Crippen molar-refractivity contribution in [1.82, 2.24) is 5.32 Å². The third kappa shape index (κ3) is 2.25. The molecule has 2 N–H and O–H groups in total. The molecule has 0 aliphatic carbocycles. The molecule has 0 fully saturated rings. The SMILES string of the molecule is COc1cc2ccccc2c(C2NCCc3ccccc32)c1O. The molecule has 23 heavy (non-hydrogen) atoms. The van der Waals surface area contributed by atoms with E-state index in [1.165, 1.54) is 11.1 Å². The van der Waals surface area contributed by atoms with Gasteiger partial charge in [0.15, 0.2) is 11.5 Å². The van der Waals surface area contributed by atoms with E-state index in [2.05, 4.69) is 41.7 Å². The van der Waals surface area contributed by atoms with Gasteiger partial charge >= 0.3 is 0 Å². The Labute approximate surface area is 135 Å². The third-order valence-electron chi connectivity index (χ3n) is 4.64. The molecule has 0 saturated carbocycles. The number of nitrogens with one attached hydrogen (secondary N) is 1. The number of ether oxygens (including phenoxy) is 1. The predicted molar refractivity (Wildman–Crippen MR) is 92.2 cm³/mol. The summed E-state index contributed by atoms with van der Waals surface area (Å²) in [5, 5.41) is 16.5. The lowest BCUT2D eigenvalue weighted by Gasteiger charge is -2.29. The van der Waals surface area contributed by atoms with Gasteiger partial charge in [-0.3, -0.25) is 0 Å². The number of phenols is 1. The van der Waals surface area contributed by atoms with Crippen molar-refractivity contribution in [2.45, 2.75) is 12.5 Å². The summed E-state index contributed by atoms with van der Waals surface area (Å²) in [5.41, 5.74) is 3.46. The first-order valence-corrected chi connectivity index (χ1v) is 7.89. The molecular weight excluding hydrogens is 286 g/mol. The molecule has 116 valence electrons. The van der Waals surface area contributed by atoms with E-state index in [9.17, 15) is 5.11 Å². The van der Waals surface area contributed by atoms with Crippen LogP contribution in [0.15, 0.2) is 54.6 Å². The van der Waals surface area contributed by atoms with E-state index in [0.717, 1.165) is 29.3 Å². The summed E-state index contributed by atoms with van der Waals surface area (Å²) in [6, 6.07) is 18.4. The minimum atomic E-state index is -0.0278. The monoisotopic (exact) mass is 305 g/mol. The van der Waals surface area contributed by atoms with Crippen LogP contribution < -0.4 is 10.1 Å². The molecule has 3 aromatic rings. The Morgan fingerprint density at radius 1 is 1.09 bits per heavy atom. The Bertz CT molecular complexity index is 873. The maximum Gasteiger partial charge on any atom is 0.163 e. The van der Waals surface area contributed by atoms with Gasteiger partial charge in [-0.05, 0) is 34.4 Å². The first-order chi connectivity index (χ1) is 11.3. The van der Waals surface area contributed by atoms with Crippen LogP contribution in [-0.4, -0.2) is 18.8 Å². The fourth-order valence-electron chi connectivity index (χ4n) is 3.55. The zero-order valence-electron chi connectivity index (χ0n) is 13.0. The lowest BCUT2D eigenvalue weighted by atomic mass is 9.87. The Kier molecular flexibility index (Phi) is 3.43. The molecule has 3 aromatic carbocycles. The zero-order valence-corrected chi connectivity index (χ0v) is 13.0. The first-order valence-electron chi connectivity index (χ1n) is 7.89. The normalized spacial score (nSPS) is 17.0. The molecule has 1 heterocycles. The lowest BCUT2D eigenvalue weighted by molar-refractivity contribution is 0.368. The molecule has 0 aromatic heterocycles. The summed E-state index contributed by atoms with van der Waals surface area (Å²) in [7, 11) is 1.59. The minimum absolute atomic E-state index is 0.0278. The summed E-state index contributed by atoms with van der Waals surface area (Å²) in [6.07, 6.45) is 1.01. The van der Waals surface area contributed by atoms with Gasteiger partial charge in [0.2, 0.25) is 0 Å². The van der Waals surface area contributed by atoms with Crippen molar-refractivity contribution in [2.24, 2.45) is 0 Å². The van der Waals surface area contributed by atoms with Gasteiger partial charge in [-0.15, -0.1) is 0 Å². The van der Waals surface area contributed by atoms with Gasteiger partial charge in [0, 0.05) is 12.1 Å². The Morgan fingerprint density at radius 3 is 2.74 bits per heavy atom. The highest BCUT2D eigenvalue weighted by molar-refractivity contribution is 5.91. The second kappa shape index (κ2) is 5.60. The molecule has 0 spiro atoms. The molecular formula is C20H19NO2. The van der Waals surface area contributed by atoms with E-state index < -0.39 is 0 Å². The number of benzene rings is 3. The molecule has 1 aliphatic heterocycles. The summed E-state index contributed by atoms with van der Waals surface area (Å²) >= 11 is 0. The number of hydrogen-bond donors (Lipinski definition) is 2. The largest absolute Gasteiger partial charge is 0.504 e. The fraction of sp³-hybridized carbons (Fsp3) is 0.200. The van der Waals surface area contributed by atoms with Crippen LogP contribution in [0.1, 0.15) is 22.7 Å². The van der Waals surface area contributed by atoms with Crippen LogP contribution in [-0.2, 0) is 6.42 Å². The van der Waals surface area contributed by atoms with E-state index in [4.69, 9.17) is 4.74 Å². The standard InChI is InChI=1S/C20H19NO2/c1-23-17-12-14-7-3-4-8-15(14)18(20(17)22)19-16-9-5-2-6-13(16)10-11-21-19/h2-9,12,19,21-22H,10-11H2,1H3. The van der Waals surface area contributed by atoms with Crippen LogP contribution >= 0.6 is 0 Å². The quantitative estimate of drug-likeness (QED) is 0.757. The van der Waals surface area contributed by atoms with Crippen LogP contribution in [0, 0.1) is 0 Å². The van der Waals surface area contributed by atoms with E-state index in [0.29, 0.717) is 5.75 Å². The topological polar surface area (TPSA) is 41.5 Å². The zero-order chi connectivity index (χ0) is 15.8. The number of rotatable bonds is 2. The number of aromatic hydroxyl groups is 1. The van der Waals surface area contributed by atoms with Crippen LogP contribution in [0.3, 0.4) is 0 Å². The maximum atomic E-state index is 10.8. The lowest BCUT2D eigenvalue weighted by Crippen LogP contribution is -2.30. The number of methoxy groups -OCH3 is 1. The molecule has 1 aliphatic rings. The Hall–Kier alpha value is -2.52. The molecule has 0 radical (unpaired) electrons. The second-order valence-electron chi connectivity index (χ2n) is 5.90. The van der Waals surface area contributed by atoms with Crippen molar-refractivity contribution in [3.8, 4) is 11.5 Å². The minimum Gasteiger partial charge on any atom is -0.504 e. The van der Waals surface area contributed by atoms with Gasteiger partial charge in [0.1, 0.15) is 0 Å². The van der Waals surface area contributed by atoms with Gasteiger partial charge in [0.05, 0.1) is 13.2 Å². The maximum absolute atomic E-state index is 10.8. The van der Waals surface area contributed by atoms with Crippen molar-refractivity contribution in [3.63, 3.8) is 0 Å². The molecule has 0 amide bonds. The van der Waals surface area contributed by atoms with Gasteiger partial charge < -0.3 is 15.2 Å². The predicted octanol–water partition coefficient (Wildman–Crippen LogP) is 3.79. The van der Waals surface area contributed by atoms with Gasteiger partial charge in [0.25, 0.3) is 0 Å². The van der Waals surface area contributed by atoms with Gasteiger partial charge in [-0.25, -0.2) is 0 Å². The second-order valence-corrected chi connectivity index (χ2v) is 5.90. The van der Waals surface area contributed by atoms with Crippen molar-refractivity contribution >= 4 is 10.8 Å². The van der Waals surface area contributed by atoms with Crippen molar-refractivity contribution in [1.29, 1.82) is 0 Å². The van der Waals surface area contributed by atoms with Gasteiger partial charge in [-0.2, -0.15) is 0 Å². The first kappa shape index (κ1) is 14.1. The smallest absolute Gasteiger partial charge is 0.163 e. The number of hydrogen-bond acceptors (Lipinski definition) is 3. The van der Waals surface area contributed by atoms with Crippen LogP contribution in [0.2, 0.25) is 0 Å². The van der Waals surface area contributed by atoms with E-state index in [-0.39, 0.29) is 11.8 Å². The fourth-order valence-corrected chi connectivity index (χ4v) is 3.55. The highest BCUT2D eigenvalue weighted by Gasteiger charge is 2.26. The van der Waals surface area contributed by atoms with Crippen LogP contribution in [0.5, 0.6) is 11.5 Å². The third-order valence-corrected chi connectivity index (χ3v) is 4.64. The molecule has 3 nitrogen and oxygen atoms in total. The molecule has 3 heteroatoms. The average molecular weight is 305 g/mol. The average Bonchev–Trinajstić information content (AvgIpc) is 2.61. The van der Waals surface area contributed by atoms with Crippen molar-refractivity contribution in [2.75, 3.05) is 13.7 Å². The summed E-state index contributed by atoms with van der Waals surface area (Å²) in [5.74, 6) is 0.740. The van der Waals surface area contributed by atoms with Gasteiger partial charge in [-0.1, -0.05) is 48.5 Å². The van der Waals surface area contributed by atoms with E-state index in [1.807, 2.05) is 18.2 Å². The molecule has 1 atom stereocenters. The van der Waals surface area contributed by atoms with Crippen molar-refractivity contribution in [3.05, 3.63) is 71.3 Å². The molecule has 4 rings (SSSR count). The van der Waals surface area contributed by atoms with Crippen LogP contribution in [0.4, 0.5) is 0 Å². The van der Waals surface area contributed by atoms with Crippen LogP contribution in [0.25, 0.3) is 10.8 Å². The molecule has 1 unspecified atom stereocenters. The summed E-state index contributed by atoms with van der Waals surface area (Å²) in [4.78, 5) is 0.